The number of hydrogen-bond donors (Lipinski definition) is 5. The van der Waals surface area contributed by atoms with Crippen molar-refractivity contribution in [3.05, 3.63) is 90.2 Å². The van der Waals surface area contributed by atoms with Crippen molar-refractivity contribution in [1.82, 2.24) is 25.2 Å². The van der Waals surface area contributed by atoms with Crippen molar-refractivity contribution in [3.8, 4) is 17.1 Å². The monoisotopic (exact) mass is 861 g/mol. The lowest BCUT2D eigenvalue weighted by atomic mass is 9.90. The first-order chi connectivity index (χ1) is 29.9. The van der Waals surface area contributed by atoms with Crippen LogP contribution in [-0.2, 0) is 19.0 Å². The van der Waals surface area contributed by atoms with Crippen molar-refractivity contribution < 1.29 is 37.8 Å². The predicted molar refractivity (Wildman–Crippen MR) is 241 cm³/mol. The number of nitrogens with two attached hydrogens (primary N) is 1. The number of anilines is 1. The van der Waals surface area contributed by atoms with Crippen molar-refractivity contribution in [1.29, 1.82) is 0 Å². The largest absolute Gasteiger partial charge is 0.444 e. The van der Waals surface area contributed by atoms with Crippen LogP contribution in [0.3, 0.4) is 0 Å². The molecule has 0 saturated heterocycles. The van der Waals surface area contributed by atoms with Gasteiger partial charge in [0.15, 0.2) is 5.72 Å². The minimum atomic E-state index is -1.25. The van der Waals surface area contributed by atoms with E-state index in [0.717, 1.165) is 46.6 Å². The number of carbonyl (C=O) groups excluding carboxylic acids is 4. The molecule has 6 N–H and O–H groups in total. The minimum Gasteiger partial charge on any atom is -0.444 e. The molecule has 0 unspecified atom stereocenters. The molecule has 332 valence electrons. The Labute approximate surface area is 365 Å². The molecule has 1 saturated carbocycles. The lowest BCUT2D eigenvalue weighted by molar-refractivity contribution is -0.162. The van der Waals surface area contributed by atoms with Crippen LogP contribution in [0, 0.1) is 5.82 Å². The summed E-state index contributed by atoms with van der Waals surface area (Å²) in [7, 11) is 0. The highest BCUT2D eigenvalue weighted by atomic mass is 19.1. The number of alkyl carbamates (subject to hydrolysis) is 2. The second kappa shape index (κ2) is 18.0. The number of nitrogens with zero attached hydrogens (tertiary/aromatic N) is 2. The fourth-order valence-electron chi connectivity index (χ4n) is 8.16. The zero-order valence-corrected chi connectivity index (χ0v) is 36.7. The van der Waals surface area contributed by atoms with Crippen molar-refractivity contribution in [3.63, 3.8) is 0 Å². The van der Waals surface area contributed by atoms with Gasteiger partial charge in [0.1, 0.15) is 28.9 Å². The number of benzene rings is 4. The Morgan fingerprint density at radius 1 is 0.857 bits per heavy atom. The molecule has 6 aromatic rings. The number of para-hydroxylation sites is 1. The summed E-state index contributed by atoms with van der Waals surface area (Å²) in [6, 6.07) is 22.6. The summed E-state index contributed by atoms with van der Waals surface area (Å²) < 4.78 is 33.5. The number of imidazole rings is 1. The summed E-state index contributed by atoms with van der Waals surface area (Å²) >= 11 is 0. The van der Waals surface area contributed by atoms with E-state index in [1.54, 1.807) is 53.7 Å². The Morgan fingerprint density at radius 3 is 2.30 bits per heavy atom. The van der Waals surface area contributed by atoms with E-state index in [4.69, 9.17) is 24.9 Å². The number of fused-ring (bicyclic) bond motifs is 4. The number of esters is 1. The SMILES string of the molecule is CC(C)(C)OC(=O)NCCCC[C@H](NC(=O)OC(C)(C)C)C(=O)OC1(Nc2cc(-n3c4ccccc4c4c(-c5nc6ccc(F)cc6[nH]5)cccc43)ccc2C(N)=O)CCCCC1. The van der Waals surface area contributed by atoms with Gasteiger partial charge in [-0.15, -0.1) is 0 Å². The normalized spacial score (nSPS) is 14.6. The zero-order chi connectivity index (χ0) is 45.1. The van der Waals surface area contributed by atoms with E-state index in [1.807, 2.05) is 54.6 Å². The van der Waals surface area contributed by atoms with E-state index in [1.165, 1.54) is 12.1 Å². The molecule has 3 amide bonds. The lowest BCUT2D eigenvalue weighted by Crippen LogP contribution is -2.51. The van der Waals surface area contributed by atoms with Crippen molar-refractivity contribution in [2.45, 2.75) is 116 Å². The smallest absolute Gasteiger partial charge is 0.408 e. The van der Waals surface area contributed by atoms with Crippen LogP contribution in [0.1, 0.15) is 103 Å². The number of rotatable bonds is 13. The van der Waals surface area contributed by atoms with Crippen LogP contribution in [0.4, 0.5) is 19.7 Å². The third-order valence-corrected chi connectivity index (χ3v) is 10.8. The summed E-state index contributed by atoms with van der Waals surface area (Å²) in [6.45, 7) is 10.8. The van der Waals surface area contributed by atoms with Crippen LogP contribution in [0.15, 0.2) is 78.9 Å². The second-order valence-corrected chi connectivity index (χ2v) is 18.1. The number of amides is 3. The van der Waals surface area contributed by atoms with E-state index >= 15 is 0 Å². The molecule has 14 nitrogen and oxygen atoms in total. The first-order valence-electron chi connectivity index (χ1n) is 21.5. The molecule has 0 bridgehead atoms. The summed E-state index contributed by atoms with van der Waals surface area (Å²) in [6.07, 6.45) is 3.08. The number of halogens is 1. The molecule has 1 atom stereocenters. The van der Waals surface area contributed by atoms with Gasteiger partial charge in [-0.05, 0) is 122 Å². The highest BCUT2D eigenvalue weighted by Crippen LogP contribution is 2.40. The molecule has 4 aromatic carbocycles. The number of aromatic nitrogens is 3. The molecular formula is C48H56FN7O7. The second-order valence-electron chi connectivity index (χ2n) is 18.1. The van der Waals surface area contributed by atoms with Crippen molar-refractivity contribution >= 4 is 62.6 Å². The zero-order valence-electron chi connectivity index (χ0n) is 36.7. The Bertz CT molecular complexity index is 2670. The number of primary amides is 1. The molecule has 1 aliphatic carbocycles. The summed E-state index contributed by atoms with van der Waals surface area (Å²) in [4.78, 5) is 60.7. The molecular weight excluding hydrogens is 806 g/mol. The molecule has 2 heterocycles. The van der Waals surface area contributed by atoms with Gasteiger partial charge in [0.2, 0.25) is 0 Å². The number of H-pyrrole nitrogens is 1. The van der Waals surface area contributed by atoms with E-state index in [0.29, 0.717) is 60.5 Å². The molecule has 0 spiro atoms. The summed E-state index contributed by atoms with van der Waals surface area (Å²) in [5.74, 6) is -1.11. The van der Waals surface area contributed by atoms with Gasteiger partial charge in [-0.25, -0.2) is 23.8 Å². The van der Waals surface area contributed by atoms with Gasteiger partial charge in [-0.3, -0.25) is 4.79 Å². The van der Waals surface area contributed by atoms with Crippen LogP contribution >= 0.6 is 0 Å². The highest BCUT2D eigenvalue weighted by Gasteiger charge is 2.39. The number of ether oxygens (including phenoxy) is 3. The number of hydrogen-bond acceptors (Lipinski definition) is 9. The van der Waals surface area contributed by atoms with E-state index in [2.05, 4.69) is 25.5 Å². The molecule has 0 aliphatic heterocycles. The first kappa shape index (κ1) is 44.4. The van der Waals surface area contributed by atoms with Gasteiger partial charge in [-0.2, -0.15) is 0 Å². The lowest BCUT2D eigenvalue weighted by Gasteiger charge is -2.39. The van der Waals surface area contributed by atoms with Crippen LogP contribution in [0.25, 0.3) is 49.9 Å². The van der Waals surface area contributed by atoms with Gasteiger partial charge < -0.3 is 45.4 Å². The maximum Gasteiger partial charge on any atom is 0.408 e. The fraction of sp³-hybridized carbons (Fsp3) is 0.396. The standard InChI is InChI=1S/C48H56FN7O7/c1-46(2,3)62-44(59)51-26-13-10-17-35(54-45(60)63-47(4,5)6)43(58)61-48(24-11-7-12-25-48)55-36-28-30(21-22-31(36)41(50)57)56-38-18-9-8-15-32(38)40-33(16-14-19-39(40)56)42-52-34-23-20-29(49)27-37(34)53-42/h8-9,14-16,18-23,27-28,35,55H,7,10-13,17,24-26H2,1-6H3,(H2,50,57)(H,51,59)(H,52,53)(H,54,60)/t35-/m0/s1. The predicted octanol–water partition coefficient (Wildman–Crippen LogP) is 9.77. The van der Waals surface area contributed by atoms with Gasteiger partial charge >= 0.3 is 18.2 Å². The number of nitrogens with one attached hydrogen (secondary N) is 4. The van der Waals surface area contributed by atoms with Crippen molar-refractivity contribution in [2.75, 3.05) is 11.9 Å². The maximum atomic E-state index is 14.3. The van der Waals surface area contributed by atoms with Gasteiger partial charge in [0.25, 0.3) is 5.91 Å². The third kappa shape index (κ3) is 10.5. The van der Waals surface area contributed by atoms with Gasteiger partial charge in [0, 0.05) is 41.4 Å². The van der Waals surface area contributed by atoms with Crippen molar-refractivity contribution in [2.24, 2.45) is 5.73 Å². The number of unbranched alkanes of at least 4 members (excludes halogenated alkanes) is 1. The highest BCUT2D eigenvalue weighted by molar-refractivity contribution is 6.15. The van der Waals surface area contributed by atoms with Crippen LogP contribution in [-0.4, -0.2) is 68.1 Å². The molecule has 7 rings (SSSR count). The van der Waals surface area contributed by atoms with E-state index in [-0.39, 0.29) is 17.8 Å². The van der Waals surface area contributed by atoms with E-state index < -0.39 is 47.0 Å². The molecule has 63 heavy (non-hydrogen) atoms. The topological polar surface area (TPSA) is 192 Å². The molecule has 1 fully saturated rings. The number of aromatic amines is 1. The summed E-state index contributed by atoms with van der Waals surface area (Å²) in [5.41, 5.74) is 8.37. The molecule has 1 aliphatic rings. The van der Waals surface area contributed by atoms with Gasteiger partial charge in [0.05, 0.1) is 33.3 Å². The Hall–Kier alpha value is -6.64. The van der Waals surface area contributed by atoms with Crippen LogP contribution in [0.5, 0.6) is 0 Å². The maximum absolute atomic E-state index is 14.3. The van der Waals surface area contributed by atoms with Crippen LogP contribution in [0.2, 0.25) is 0 Å². The average molecular weight is 862 g/mol. The molecule has 15 heteroatoms. The molecule has 2 aromatic heterocycles. The Balaban J connectivity index is 1.21. The van der Waals surface area contributed by atoms with E-state index in [9.17, 15) is 23.6 Å². The molecule has 0 radical (unpaired) electrons. The number of carbonyl (C=O) groups is 4. The summed E-state index contributed by atoms with van der Waals surface area (Å²) in [5, 5.41) is 10.8. The Morgan fingerprint density at radius 2 is 1.57 bits per heavy atom. The average Bonchev–Trinajstić information content (AvgIpc) is 3.78. The van der Waals surface area contributed by atoms with Crippen LogP contribution < -0.4 is 21.7 Å². The fourth-order valence-corrected chi connectivity index (χ4v) is 8.16. The quantitative estimate of drug-likeness (QED) is 0.0326. The van der Waals surface area contributed by atoms with Gasteiger partial charge in [-0.1, -0.05) is 36.8 Å². The Kier molecular flexibility index (Phi) is 12.7. The first-order valence-corrected chi connectivity index (χ1v) is 21.5. The minimum absolute atomic E-state index is 0.201. The third-order valence-electron chi connectivity index (χ3n) is 10.8.